The van der Waals surface area contributed by atoms with E-state index in [9.17, 15) is 5.11 Å². The number of benzene rings is 2. The number of rotatable bonds is 7. The maximum atomic E-state index is 16.4. The lowest BCUT2D eigenvalue weighted by atomic mass is 10.0. The predicted molar refractivity (Wildman–Crippen MR) is 152 cm³/mol. The molecule has 2 aromatic heterocycles. The third-order valence-corrected chi connectivity index (χ3v) is 7.29. The van der Waals surface area contributed by atoms with Crippen molar-refractivity contribution < 1.29 is 14.2 Å². The molecule has 2 aliphatic heterocycles. The minimum Gasteiger partial charge on any atom is -0.508 e. The highest BCUT2D eigenvalue weighted by atomic mass is 19.1. The summed E-state index contributed by atoms with van der Waals surface area (Å²) >= 11 is 0. The molecule has 2 aromatic carbocycles. The van der Waals surface area contributed by atoms with E-state index in [0.29, 0.717) is 34.5 Å². The first-order chi connectivity index (χ1) is 19.0. The van der Waals surface area contributed by atoms with Gasteiger partial charge in [-0.15, -0.1) is 0 Å². The predicted octanol–water partition coefficient (Wildman–Crippen LogP) is 5.17. The lowest BCUT2D eigenvalue weighted by Gasteiger charge is -2.34. The number of nitrogens with one attached hydrogen (secondary N) is 1. The maximum absolute atomic E-state index is 16.4. The van der Waals surface area contributed by atoms with Crippen LogP contribution in [-0.2, 0) is 0 Å². The van der Waals surface area contributed by atoms with E-state index in [1.165, 1.54) is 6.07 Å². The number of anilines is 1. The molecule has 0 aliphatic carbocycles. The lowest BCUT2D eigenvalue weighted by molar-refractivity contribution is 0.323. The first kappa shape index (κ1) is 24.9. The van der Waals surface area contributed by atoms with Crippen molar-refractivity contribution >= 4 is 34.2 Å². The lowest BCUT2D eigenvalue weighted by Crippen LogP contribution is -2.51. The number of hydrogen-bond acceptors (Lipinski definition) is 8. The van der Waals surface area contributed by atoms with Crippen molar-refractivity contribution in [2.75, 3.05) is 24.6 Å². The van der Waals surface area contributed by atoms with Crippen LogP contribution >= 0.6 is 0 Å². The van der Waals surface area contributed by atoms with Crippen molar-refractivity contribution in [2.45, 2.75) is 31.8 Å². The second-order valence-corrected chi connectivity index (χ2v) is 9.90. The van der Waals surface area contributed by atoms with Gasteiger partial charge in [0, 0.05) is 36.9 Å². The summed E-state index contributed by atoms with van der Waals surface area (Å²) < 4.78 is 22.3. The fraction of sp³-hybridized carbons (Fsp3) is 0.267. The van der Waals surface area contributed by atoms with Gasteiger partial charge in [-0.1, -0.05) is 36.4 Å². The molecule has 6 rings (SSSR count). The van der Waals surface area contributed by atoms with Crippen LogP contribution < -0.4 is 15.0 Å². The molecule has 2 bridgehead atoms. The zero-order valence-electron chi connectivity index (χ0n) is 21.6. The number of aromatic hydroxyl groups is 1. The molecule has 39 heavy (non-hydrogen) atoms. The molecule has 2 aliphatic rings. The number of phenols is 1. The van der Waals surface area contributed by atoms with Gasteiger partial charge in [0.1, 0.15) is 29.4 Å². The summed E-state index contributed by atoms with van der Waals surface area (Å²) in [6.45, 7) is 7.10. The van der Waals surface area contributed by atoms with Crippen LogP contribution in [0, 0.1) is 5.82 Å². The summed E-state index contributed by atoms with van der Waals surface area (Å²) in [6, 6.07) is 11.4. The third-order valence-electron chi connectivity index (χ3n) is 7.29. The van der Waals surface area contributed by atoms with Gasteiger partial charge in [0.15, 0.2) is 5.82 Å². The van der Waals surface area contributed by atoms with Crippen molar-refractivity contribution in [1.29, 1.82) is 0 Å². The molecule has 4 heterocycles. The van der Waals surface area contributed by atoms with Crippen LogP contribution in [0.15, 0.2) is 71.5 Å². The Hall–Kier alpha value is -4.37. The highest BCUT2D eigenvalue weighted by Crippen LogP contribution is 2.37. The van der Waals surface area contributed by atoms with Crippen LogP contribution in [0.5, 0.6) is 11.8 Å². The van der Waals surface area contributed by atoms with Crippen LogP contribution in [0.4, 0.5) is 10.2 Å². The van der Waals surface area contributed by atoms with E-state index in [-0.39, 0.29) is 29.6 Å². The Balaban J connectivity index is 1.49. The Bertz CT molecular complexity index is 1620. The van der Waals surface area contributed by atoms with Crippen LogP contribution in [0.3, 0.4) is 0 Å². The van der Waals surface area contributed by atoms with Crippen LogP contribution in [0.1, 0.15) is 19.8 Å². The first-order valence-corrected chi connectivity index (χ1v) is 13.0. The summed E-state index contributed by atoms with van der Waals surface area (Å²) in [4.78, 5) is 19.9. The van der Waals surface area contributed by atoms with Crippen molar-refractivity contribution in [1.82, 2.24) is 20.3 Å². The molecule has 4 aromatic rings. The van der Waals surface area contributed by atoms with Crippen molar-refractivity contribution in [3.05, 3.63) is 72.3 Å². The summed E-state index contributed by atoms with van der Waals surface area (Å²) in [5, 5.41) is 16.1. The van der Waals surface area contributed by atoms with E-state index < -0.39 is 5.82 Å². The van der Waals surface area contributed by atoms with E-state index in [4.69, 9.17) is 9.72 Å². The van der Waals surface area contributed by atoms with Gasteiger partial charge in [0.05, 0.1) is 11.1 Å². The SMILES string of the molecule is C=N/C(=C\C=C/C)COc1nc(N2CC3CCC(C2)N3)c2cnc(-c3cc(O)cc4ccccc34)c(F)c2n1. The van der Waals surface area contributed by atoms with Gasteiger partial charge in [-0.25, -0.2) is 4.39 Å². The average Bonchev–Trinajstić information content (AvgIpc) is 3.29. The van der Waals surface area contributed by atoms with Crippen LogP contribution in [-0.4, -0.2) is 58.6 Å². The largest absolute Gasteiger partial charge is 0.508 e. The number of ether oxygens (including phenoxy) is 1. The van der Waals surface area contributed by atoms with Gasteiger partial charge >= 0.3 is 6.01 Å². The standard InChI is InChI=1S/C30H29FN6O2/c1-3-4-8-21(32-2)17-39-30-35-28-25(29(36-30)37-15-19-10-11-20(16-37)34-19)14-33-27(26(28)31)24-13-22(38)12-18-7-5-6-9-23(18)24/h3-9,12-14,19-20,34,38H,2,10-11,15-17H2,1H3/b4-3-,21-8-. The molecule has 8 nitrogen and oxygen atoms in total. The number of allylic oxidation sites excluding steroid dienone is 3. The van der Waals surface area contributed by atoms with Gasteiger partial charge < -0.3 is 20.1 Å². The number of pyridine rings is 1. The zero-order valence-corrected chi connectivity index (χ0v) is 21.6. The van der Waals surface area contributed by atoms with Gasteiger partial charge in [-0.05, 0) is 55.5 Å². The summed E-state index contributed by atoms with van der Waals surface area (Å²) in [5.74, 6) is 0.0325. The minimum atomic E-state index is -0.596. The van der Waals surface area contributed by atoms with Crippen molar-refractivity contribution in [2.24, 2.45) is 4.99 Å². The molecular formula is C30H29FN6O2. The highest BCUT2D eigenvalue weighted by Gasteiger charge is 2.34. The fourth-order valence-electron chi connectivity index (χ4n) is 5.47. The molecule has 0 radical (unpaired) electrons. The third kappa shape index (κ3) is 4.81. The molecule has 2 atom stereocenters. The summed E-state index contributed by atoms with van der Waals surface area (Å²) in [6.07, 6.45) is 9.33. The van der Waals surface area contributed by atoms with Gasteiger partial charge in [-0.2, -0.15) is 9.97 Å². The first-order valence-electron chi connectivity index (χ1n) is 13.0. The molecule has 0 saturated carbocycles. The van der Waals surface area contributed by atoms with E-state index in [1.807, 2.05) is 43.3 Å². The minimum absolute atomic E-state index is 0.0334. The molecular weight excluding hydrogens is 495 g/mol. The maximum Gasteiger partial charge on any atom is 0.319 e. The smallest absolute Gasteiger partial charge is 0.319 e. The van der Waals surface area contributed by atoms with Gasteiger partial charge in [-0.3, -0.25) is 9.98 Å². The number of nitrogens with zero attached hydrogens (tertiary/aromatic N) is 5. The second kappa shape index (κ2) is 10.4. The molecule has 2 saturated heterocycles. The number of aliphatic imine (C=N–C) groups is 1. The van der Waals surface area contributed by atoms with Crippen molar-refractivity contribution in [3.8, 4) is 23.0 Å². The van der Waals surface area contributed by atoms with Crippen LogP contribution in [0.2, 0.25) is 0 Å². The molecule has 2 unspecified atom stereocenters. The second-order valence-electron chi connectivity index (χ2n) is 9.90. The number of aromatic nitrogens is 3. The molecule has 0 amide bonds. The fourth-order valence-corrected chi connectivity index (χ4v) is 5.47. The summed E-state index contributed by atoms with van der Waals surface area (Å²) in [7, 11) is 0. The molecule has 2 N–H and O–H groups in total. The normalized spacial score (nSPS) is 19.3. The van der Waals surface area contributed by atoms with E-state index in [2.05, 4.69) is 31.9 Å². The van der Waals surface area contributed by atoms with Crippen LogP contribution in [0.25, 0.3) is 32.9 Å². The zero-order chi connectivity index (χ0) is 26.9. The Morgan fingerprint density at radius 1 is 1.21 bits per heavy atom. The topological polar surface area (TPSA) is 95.8 Å². The number of fused-ring (bicyclic) bond motifs is 4. The van der Waals surface area contributed by atoms with Crippen molar-refractivity contribution in [3.63, 3.8) is 0 Å². The number of piperazine rings is 1. The van der Waals surface area contributed by atoms with E-state index >= 15 is 4.39 Å². The summed E-state index contributed by atoms with van der Waals surface area (Å²) in [5.41, 5.74) is 1.30. The molecule has 198 valence electrons. The molecule has 2 fully saturated rings. The number of halogens is 1. The highest BCUT2D eigenvalue weighted by molar-refractivity contribution is 5.99. The van der Waals surface area contributed by atoms with E-state index in [0.717, 1.165) is 36.7 Å². The number of phenolic OH excluding ortho intramolecular Hbond substituents is 1. The monoisotopic (exact) mass is 524 g/mol. The van der Waals surface area contributed by atoms with E-state index in [1.54, 1.807) is 18.3 Å². The van der Waals surface area contributed by atoms with Gasteiger partial charge in [0.2, 0.25) is 0 Å². The Kier molecular flexibility index (Phi) is 6.66. The Morgan fingerprint density at radius 3 is 2.77 bits per heavy atom. The molecule has 0 spiro atoms. The quantitative estimate of drug-likeness (QED) is 0.254. The average molecular weight is 525 g/mol. The Labute approximate surface area is 225 Å². The molecule has 9 heteroatoms. The van der Waals surface area contributed by atoms with Gasteiger partial charge in [0.25, 0.3) is 0 Å². The number of hydrogen-bond donors (Lipinski definition) is 2. The Morgan fingerprint density at radius 2 is 2.00 bits per heavy atom.